The van der Waals surface area contributed by atoms with Crippen molar-refractivity contribution in [2.24, 2.45) is 10.7 Å². The van der Waals surface area contributed by atoms with Crippen LogP contribution < -0.4 is 19.7 Å². The van der Waals surface area contributed by atoms with Crippen LogP contribution in [0.25, 0.3) is 0 Å². The summed E-state index contributed by atoms with van der Waals surface area (Å²) >= 11 is 6.51. The predicted molar refractivity (Wildman–Crippen MR) is 268 cm³/mol. The van der Waals surface area contributed by atoms with Crippen LogP contribution in [0.1, 0.15) is 173 Å². The molecule has 69 heavy (non-hydrogen) atoms. The molecular formula is C52H74ClN6O9P. The molecule has 0 bridgehead atoms. The van der Waals surface area contributed by atoms with Crippen LogP contribution in [0.15, 0.2) is 59.6 Å². The van der Waals surface area contributed by atoms with Gasteiger partial charge in [-0.3, -0.25) is 14.5 Å². The molecule has 2 aliphatic rings. The number of nitrogens with zero attached hydrogens (tertiary/aromatic N) is 3. The molecule has 6 atom stereocenters. The van der Waals surface area contributed by atoms with Gasteiger partial charge < -0.3 is 38.9 Å². The summed E-state index contributed by atoms with van der Waals surface area (Å²) in [6, 6.07) is 19.3. The normalized spacial score (nSPS) is 21.0. The Morgan fingerprint density at radius 1 is 0.870 bits per heavy atom. The zero-order valence-electron chi connectivity index (χ0n) is 41.2. The maximum atomic E-state index is 15.0. The number of hydrogen-bond acceptors (Lipinski definition) is 12. The van der Waals surface area contributed by atoms with Crippen molar-refractivity contribution in [2.45, 2.75) is 192 Å². The van der Waals surface area contributed by atoms with Gasteiger partial charge in [-0.2, -0.15) is 10.5 Å². The lowest BCUT2D eigenvalue weighted by Crippen LogP contribution is -2.46. The number of nitrogens with two attached hydrogens (primary N) is 1. The molecule has 2 saturated heterocycles. The smallest absolute Gasteiger partial charge is 0.489 e. The van der Waals surface area contributed by atoms with Gasteiger partial charge in [0.25, 0.3) is 0 Å². The summed E-state index contributed by atoms with van der Waals surface area (Å²) in [5.74, 6) is -0.183. The van der Waals surface area contributed by atoms with Crippen LogP contribution in [0, 0.1) is 28.1 Å². The molecule has 2 aliphatic heterocycles. The first kappa shape index (κ1) is 55.5. The van der Waals surface area contributed by atoms with E-state index in [9.17, 15) is 15.1 Å². The van der Waals surface area contributed by atoms with Crippen molar-refractivity contribution < 1.29 is 41.8 Å². The monoisotopic (exact) mass is 992 g/mol. The van der Waals surface area contributed by atoms with Crippen LogP contribution in [0.3, 0.4) is 0 Å². The van der Waals surface area contributed by atoms with E-state index in [1.165, 1.54) is 89.5 Å². The molecule has 17 heteroatoms. The molecule has 0 aliphatic carbocycles. The van der Waals surface area contributed by atoms with E-state index in [0.717, 1.165) is 32.0 Å². The molecule has 0 amide bonds. The van der Waals surface area contributed by atoms with Gasteiger partial charge in [0.2, 0.25) is 5.60 Å². The number of H-pyrrole nitrogens is 1. The number of aliphatic imine (C=N–C) groups is 1. The van der Waals surface area contributed by atoms with Gasteiger partial charge >= 0.3 is 7.82 Å². The Balaban J connectivity index is 1.26. The van der Waals surface area contributed by atoms with Crippen molar-refractivity contribution in [3.05, 3.63) is 76.6 Å². The summed E-state index contributed by atoms with van der Waals surface area (Å²) in [6.07, 6.45) is 19.1. The number of phosphoric ester groups is 1. The number of amidine groups is 1. The number of benzene rings is 2. The number of halogens is 1. The molecule has 0 spiro atoms. The van der Waals surface area contributed by atoms with E-state index < -0.39 is 50.2 Å². The van der Waals surface area contributed by atoms with E-state index >= 15 is 0 Å². The van der Waals surface area contributed by atoms with Gasteiger partial charge in [0.1, 0.15) is 72.6 Å². The van der Waals surface area contributed by atoms with Crippen molar-refractivity contribution in [1.82, 2.24) is 4.98 Å². The zero-order valence-corrected chi connectivity index (χ0v) is 42.9. The third-order valence-corrected chi connectivity index (χ3v) is 13.8. The van der Waals surface area contributed by atoms with Crippen molar-refractivity contribution >= 4 is 31.6 Å². The number of aromatic nitrogens is 1. The Bertz CT molecular complexity index is 2230. The van der Waals surface area contributed by atoms with Crippen molar-refractivity contribution in [3.63, 3.8) is 0 Å². The molecule has 1 unspecified atom stereocenters. The molecular weight excluding hydrogens is 919 g/mol. The second-order valence-corrected chi connectivity index (χ2v) is 20.7. The fourth-order valence-corrected chi connectivity index (χ4v) is 10.1. The summed E-state index contributed by atoms with van der Waals surface area (Å²) < 4.78 is 64.8. The second kappa shape index (κ2) is 27.8. The standard InChI is InChI=1S/C52H74ClN6O9P/c1-6-7-8-9-10-11-12-13-14-15-16-17-18-19-20-21-22-25-41(64-40-29-28-39(33-54)46(32-40)63-38(2)3)34-61-69(60,68-45-27-24-23-26-42(45)53)62-36-52(35-55)49-48(65-51(4,5)67-49)47(66-52)43-30-31-44(59-43)50(57)58-37-56/h23-24,26-32,37-38,41,47-49,59H,6-22,25,34,36H2,1-5H3,(H3,56,57,58)/t41-,47+,48+,49+,52-,69?/m1/s1. The first-order valence-corrected chi connectivity index (χ1v) is 26.7. The minimum atomic E-state index is -4.65. The SMILES string of the molecule is CCCCCCCCCCCCCCCCCCC[C@H](COP(=O)(OC[C@@]1(C#N)O[C@@H](c2ccc(/C(N)=N\C=N)[nH]2)[C@@H]2OC(C)(C)O[C@@H]21)Oc1ccccc1Cl)Oc1ccc(C#N)c(OC(C)C)c1. The number of fused-ring (bicyclic) bond motifs is 1. The molecule has 0 saturated carbocycles. The second-order valence-electron chi connectivity index (χ2n) is 18.7. The molecule has 3 aromatic rings. The summed E-state index contributed by atoms with van der Waals surface area (Å²) in [6.45, 7) is 8.60. The number of rotatable bonds is 33. The summed E-state index contributed by atoms with van der Waals surface area (Å²) in [5, 5.41) is 28.1. The van der Waals surface area contributed by atoms with Crippen molar-refractivity contribution in [2.75, 3.05) is 13.2 Å². The van der Waals surface area contributed by atoms with E-state index in [1.807, 2.05) is 13.8 Å². The van der Waals surface area contributed by atoms with Crippen LogP contribution in [-0.2, 0) is 27.8 Å². The largest absolute Gasteiger partial charge is 0.530 e. The predicted octanol–water partition coefficient (Wildman–Crippen LogP) is 13.2. The molecule has 378 valence electrons. The van der Waals surface area contributed by atoms with Crippen LogP contribution >= 0.6 is 19.4 Å². The maximum absolute atomic E-state index is 15.0. The fraction of sp³-hybridized carbons (Fsp3) is 0.615. The fourth-order valence-electron chi connectivity index (χ4n) is 8.64. The van der Waals surface area contributed by atoms with Gasteiger partial charge in [0, 0.05) is 11.8 Å². The van der Waals surface area contributed by atoms with Gasteiger partial charge in [-0.1, -0.05) is 133 Å². The molecule has 1 aromatic heterocycles. The number of hydrogen-bond donors (Lipinski definition) is 3. The average molecular weight is 994 g/mol. The number of unbranched alkanes of at least 4 members (excludes halogenated alkanes) is 16. The van der Waals surface area contributed by atoms with Gasteiger partial charge in [-0.05, 0) is 76.9 Å². The zero-order chi connectivity index (χ0) is 49.7. The van der Waals surface area contributed by atoms with Crippen molar-refractivity contribution in [3.8, 4) is 29.4 Å². The van der Waals surface area contributed by atoms with Gasteiger partial charge in [0.05, 0.1) is 29.0 Å². The number of nitriles is 2. The van der Waals surface area contributed by atoms with Crippen LogP contribution in [-0.4, -0.2) is 66.2 Å². The van der Waals surface area contributed by atoms with Gasteiger partial charge in [-0.15, -0.1) is 0 Å². The van der Waals surface area contributed by atoms with E-state index in [0.29, 0.717) is 34.9 Å². The number of ether oxygens (including phenoxy) is 5. The molecule has 2 aromatic carbocycles. The molecule has 2 fully saturated rings. The lowest BCUT2D eigenvalue weighted by molar-refractivity contribution is -0.204. The van der Waals surface area contributed by atoms with Gasteiger partial charge in [0.15, 0.2) is 5.79 Å². The molecule has 4 N–H and O–H groups in total. The van der Waals surface area contributed by atoms with E-state index in [-0.39, 0.29) is 29.3 Å². The molecule has 0 radical (unpaired) electrons. The first-order chi connectivity index (χ1) is 33.2. The number of phosphoric acid groups is 1. The van der Waals surface area contributed by atoms with Gasteiger partial charge in [-0.25, -0.2) is 9.56 Å². The van der Waals surface area contributed by atoms with E-state index in [1.54, 1.807) is 62.4 Å². The molecule has 15 nitrogen and oxygen atoms in total. The van der Waals surface area contributed by atoms with Crippen LogP contribution in [0.4, 0.5) is 0 Å². The van der Waals surface area contributed by atoms with E-state index in [4.69, 9.17) is 60.0 Å². The van der Waals surface area contributed by atoms with Crippen LogP contribution in [0.5, 0.6) is 17.2 Å². The highest BCUT2D eigenvalue weighted by Gasteiger charge is 2.65. The minimum absolute atomic E-state index is 0.0366. The highest BCUT2D eigenvalue weighted by molar-refractivity contribution is 7.49. The quantitative estimate of drug-likeness (QED) is 0.0225. The molecule has 5 rings (SSSR count). The Morgan fingerprint density at radius 3 is 2.10 bits per heavy atom. The summed E-state index contributed by atoms with van der Waals surface area (Å²) in [4.78, 5) is 6.98. The van der Waals surface area contributed by atoms with Crippen molar-refractivity contribution in [1.29, 1.82) is 15.9 Å². The molecule has 3 heterocycles. The van der Waals surface area contributed by atoms with E-state index in [2.05, 4.69) is 29.0 Å². The minimum Gasteiger partial charge on any atom is -0.489 e. The Hall–Kier alpha value is -4.44. The third-order valence-electron chi connectivity index (χ3n) is 12.2. The Labute approximate surface area is 414 Å². The Kier molecular flexibility index (Phi) is 22.4. The number of nitrogens with one attached hydrogen (secondary N) is 2. The Morgan fingerprint density at radius 2 is 1.51 bits per heavy atom. The maximum Gasteiger partial charge on any atom is 0.530 e. The highest BCUT2D eigenvalue weighted by Crippen LogP contribution is 2.55. The summed E-state index contributed by atoms with van der Waals surface area (Å²) in [5.41, 5.74) is 5.47. The average Bonchev–Trinajstić information content (AvgIpc) is 4.02. The third kappa shape index (κ3) is 17.1. The number of para-hydroxylation sites is 1. The number of aromatic amines is 1. The first-order valence-electron chi connectivity index (χ1n) is 24.9. The topological polar surface area (TPSA) is 217 Å². The lowest BCUT2D eigenvalue weighted by Gasteiger charge is -2.30. The van der Waals surface area contributed by atoms with Crippen LogP contribution in [0.2, 0.25) is 5.02 Å². The lowest BCUT2D eigenvalue weighted by atomic mass is 9.96. The highest BCUT2D eigenvalue weighted by atomic mass is 35.5. The summed E-state index contributed by atoms with van der Waals surface area (Å²) in [7, 11) is -4.65.